The number of hydrogen-bond acceptors (Lipinski definition) is 4. The number of thiazole rings is 1. The van der Waals surface area contributed by atoms with Crippen molar-refractivity contribution >= 4 is 17.2 Å². The van der Waals surface area contributed by atoms with E-state index in [1.54, 1.807) is 11.3 Å². The Morgan fingerprint density at radius 1 is 1.40 bits per heavy atom. The second-order valence-electron chi connectivity index (χ2n) is 6.39. The van der Waals surface area contributed by atoms with Crippen LogP contribution in [0.25, 0.3) is 0 Å². The Morgan fingerprint density at radius 2 is 2.10 bits per heavy atom. The number of nitrogens with one attached hydrogen (secondary N) is 1. The van der Waals surface area contributed by atoms with Crippen molar-refractivity contribution in [1.82, 2.24) is 15.2 Å². The van der Waals surface area contributed by atoms with Crippen LogP contribution in [0.1, 0.15) is 50.7 Å². The monoisotopic (exact) mass is 295 g/mol. The van der Waals surface area contributed by atoms with Crippen molar-refractivity contribution in [2.24, 2.45) is 0 Å². The summed E-state index contributed by atoms with van der Waals surface area (Å²) in [6.07, 6.45) is 2.92. The van der Waals surface area contributed by atoms with Crippen LogP contribution >= 0.6 is 11.3 Å². The number of rotatable bonds is 5. The first-order valence-corrected chi connectivity index (χ1v) is 8.28. The molecule has 0 unspecified atom stereocenters. The van der Waals surface area contributed by atoms with Gasteiger partial charge in [0.15, 0.2) is 0 Å². The number of aromatic nitrogens is 1. The van der Waals surface area contributed by atoms with Crippen molar-refractivity contribution in [1.29, 1.82) is 0 Å². The number of carbonyl (C=O) groups excluding carboxylic acids is 1. The van der Waals surface area contributed by atoms with E-state index in [2.05, 4.69) is 36.5 Å². The summed E-state index contributed by atoms with van der Waals surface area (Å²) >= 11 is 1.69. The Balaban J connectivity index is 1.68. The lowest BCUT2D eigenvalue weighted by atomic mass is 9.93. The highest BCUT2D eigenvalue weighted by molar-refractivity contribution is 7.09. The lowest BCUT2D eigenvalue weighted by molar-refractivity contribution is -0.130. The molecule has 112 valence electrons. The minimum atomic E-state index is 0.112. The van der Waals surface area contributed by atoms with Crippen molar-refractivity contribution in [3.05, 3.63) is 16.1 Å². The summed E-state index contributed by atoms with van der Waals surface area (Å²) in [6, 6.07) is 0. The summed E-state index contributed by atoms with van der Waals surface area (Å²) in [4.78, 5) is 18.5. The molecule has 0 bridgehead atoms. The number of carbonyl (C=O) groups is 1. The third kappa shape index (κ3) is 4.28. The van der Waals surface area contributed by atoms with Crippen LogP contribution in [-0.2, 0) is 16.8 Å². The van der Waals surface area contributed by atoms with Gasteiger partial charge in [0.25, 0.3) is 0 Å². The van der Waals surface area contributed by atoms with Gasteiger partial charge in [0, 0.05) is 43.4 Å². The maximum absolute atomic E-state index is 11.9. The molecule has 0 atom stereocenters. The molecular formula is C15H25N3OS. The minimum absolute atomic E-state index is 0.112. The predicted molar refractivity (Wildman–Crippen MR) is 83.0 cm³/mol. The molecule has 0 saturated carbocycles. The topological polar surface area (TPSA) is 45.2 Å². The summed E-state index contributed by atoms with van der Waals surface area (Å²) in [5, 5.41) is 6.55. The Labute approximate surface area is 125 Å². The Bertz CT molecular complexity index is 444. The molecule has 0 aliphatic carbocycles. The van der Waals surface area contributed by atoms with Crippen LogP contribution in [-0.4, -0.2) is 35.4 Å². The van der Waals surface area contributed by atoms with E-state index in [4.69, 9.17) is 0 Å². The van der Waals surface area contributed by atoms with Gasteiger partial charge in [0.2, 0.25) is 5.91 Å². The average molecular weight is 295 g/mol. The zero-order valence-electron chi connectivity index (χ0n) is 12.7. The molecule has 20 heavy (non-hydrogen) atoms. The molecule has 0 radical (unpaired) electrons. The quantitative estimate of drug-likeness (QED) is 0.849. The van der Waals surface area contributed by atoms with E-state index in [-0.39, 0.29) is 11.3 Å². The van der Waals surface area contributed by atoms with Gasteiger partial charge in [-0.05, 0) is 12.8 Å². The lowest BCUT2D eigenvalue weighted by Gasteiger charge is -2.15. The lowest BCUT2D eigenvalue weighted by Crippen LogP contribution is -2.30. The van der Waals surface area contributed by atoms with Gasteiger partial charge in [-0.1, -0.05) is 20.8 Å². The van der Waals surface area contributed by atoms with Crippen molar-refractivity contribution in [2.75, 3.05) is 19.6 Å². The molecule has 0 aromatic carbocycles. The highest BCUT2D eigenvalue weighted by Gasteiger charge is 2.18. The summed E-state index contributed by atoms with van der Waals surface area (Å²) in [7, 11) is 0. The fourth-order valence-electron chi connectivity index (χ4n) is 2.25. The molecular weight excluding hydrogens is 270 g/mol. The molecule has 5 heteroatoms. The van der Waals surface area contributed by atoms with Crippen molar-refractivity contribution in [3.8, 4) is 0 Å². The van der Waals surface area contributed by atoms with Gasteiger partial charge in [-0.3, -0.25) is 4.79 Å². The van der Waals surface area contributed by atoms with Crippen molar-refractivity contribution in [3.63, 3.8) is 0 Å². The van der Waals surface area contributed by atoms with Crippen LogP contribution in [0.2, 0.25) is 0 Å². The smallest absolute Gasteiger partial charge is 0.223 e. The van der Waals surface area contributed by atoms with Gasteiger partial charge in [-0.15, -0.1) is 11.3 Å². The second kappa shape index (κ2) is 6.68. The van der Waals surface area contributed by atoms with Gasteiger partial charge >= 0.3 is 0 Å². The number of hydrogen-bond donors (Lipinski definition) is 1. The molecule has 1 fully saturated rings. The average Bonchev–Trinajstić information content (AvgIpc) is 3.04. The van der Waals surface area contributed by atoms with E-state index in [0.717, 1.165) is 49.7 Å². The van der Waals surface area contributed by atoms with E-state index in [9.17, 15) is 4.79 Å². The van der Waals surface area contributed by atoms with Gasteiger partial charge in [-0.25, -0.2) is 4.98 Å². The molecule has 1 aliphatic heterocycles. The zero-order valence-corrected chi connectivity index (χ0v) is 13.6. The Morgan fingerprint density at radius 3 is 2.70 bits per heavy atom. The molecule has 2 heterocycles. The SMILES string of the molecule is CC(C)(C)c1csc(CNCCC(=O)N2CCCC2)n1. The first-order valence-electron chi connectivity index (χ1n) is 7.40. The summed E-state index contributed by atoms with van der Waals surface area (Å²) in [5.74, 6) is 0.282. The van der Waals surface area contributed by atoms with E-state index in [1.165, 1.54) is 0 Å². The minimum Gasteiger partial charge on any atom is -0.343 e. The van der Waals surface area contributed by atoms with Crippen LogP contribution < -0.4 is 5.32 Å². The maximum atomic E-state index is 11.9. The molecule has 4 nitrogen and oxygen atoms in total. The van der Waals surface area contributed by atoms with Crippen molar-refractivity contribution < 1.29 is 4.79 Å². The van der Waals surface area contributed by atoms with Gasteiger partial charge in [-0.2, -0.15) is 0 Å². The molecule has 1 aromatic rings. The summed E-state index contributed by atoms with van der Waals surface area (Å²) < 4.78 is 0. The first kappa shape index (κ1) is 15.4. The highest BCUT2D eigenvalue weighted by Crippen LogP contribution is 2.23. The number of likely N-dealkylation sites (tertiary alicyclic amines) is 1. The van der Waals surface area contributed by atoms with Gasteiger partial charge < -0.3 is 10.2 Å². The van der Waals surface area contributed by atoms with Crippen LogP contribution in [0, 0.1) is 0 Å². The van der Waals surface area contributed by atoms with Crippen LogP contribution in [0.3, 0.4) is 0 Å². The molecule has 1 aromatic heterocycles. The molecule has 1 aliphatic rings. The molecule has 0 spiro atoms. The third-order valence-electron chi connectivity index (χ3n) is 3.57. The molecule has 2 rings (SSSR count). The largest absolute Gasteiger partial charge is 0.343 e. The number of nitrogens with zero attached hydrogens (tertiary/aromatic N) is 2. The Hall–Kier alpha value is -0.940. The van der Waals surface area contributed by atoms with E-state index >= 15 is 0 Å². The summed E-state index contributed by atoms with van der Waals surface area (Å²) in [5.41, 5.74) is 1.26. The normalized spacial score (nSPS) is 15.8. The maximum Gasteiger partial charge on any atom is 0.223 e. The van der Waals surface area contributed by atoms with Gasteiger partial charge in [0.1, 0.15) is 5.01 Å². The van der Waals surface area contributed by atoms with Crippen LogP contribution in [0.5, 0.6) is 0 Å². The fourth-order valence-corrected chi connectivity index (χ4v) is 3.24. The summed E-state index contributed by atoms with van der Waals surface area (Å²) in [6.45, 7) is 9.91. The van der Waals surface area contributed by atoms with Gasteiger partial charge in [0.05, 0.1) is 5.69 Å². The fraction of sp³-hybridized carbons (Fsp3) is 0.733. The molecule has 1 amide bonds. The standard InChI is InChI=1S/C15H25N3OS/c1-15(2,3)12-11-20-13(17-12)10-16-7-6-14(19)18-8-4-5-9-18/h11,16H,4-10H2,1-3H3. The molecule has 1 N–H and O–H groups in total. The predicted octanol–water partition coefficient (Wildman–Crippen LogP) is 2.54. The van der Waals surface area contributed by atoms with Crippen molar-refractivity contribution in [2.45, 2.75) is 52.0 Å². The van der Waals surface area contributed by atoms with E-state index in [0.29, 0.717) is 6.42 Å². The van der Waals surface area contributed by atoms with Crippen LogP contribution in [0.15, 0.2) is 5.38 Å². The second-order valence-corrected chi connectivity index (χ2v) is 7.33. The Kier molecular flexibility index (Phi) is 5.16. The van der Waals surface area contributed by atoms with E-state index < -0.39 is 0 Å². The van der Waals surface area contributed by atoms with E-state index in [1.807, 2.05) is 4.90 Å². The highest BCUT2D eigenvalue weighted by atomic mass is 32.1. The van der Waals surface area contributed by atoms with Crippen LogP contribution in [0.4, 0.5) is 0 Å². The third-order valence-corrected chi connectivity index (χ3v) is 4.42. The zero-order chi connectivity index (χ0) is 14.6. The first-order chi connectivity index (χ1) is 9.47. The number of amides is 1. The molecule has 1 saturated heterocycles.